The minimum absolute atomic E-state index is 0.315. The number of carbonyl (C=O) groups is 1. The van der Waals surface area contributed by atoms with Crippen molar-refractivity contribution in [3.8, 4) is 17.9 Å². The highest BCUT2D eigenvalue weighted by atomic mass is 16.5. The zero-order valence-corrected chi connectivity index (χ0v) is 10.3. The molecule has 0 atom stereocenters. The van der Waals surface area contributed by atoms with Gasteiger partial charge in [-0.2, -0.15) is 15.6 Å². The summed E-state index contributed by atoms with van der Waals surface area (Å²) in [6, 6.07) is 7.71. The minimum atomic E-state index is -0.497. The summed E-state index contributed by atoms with van der Waals surface area (Å²) in [5.41, 5.74) is 2.93. The SMILES string of the molecule is COC(=O)c1ccc(NN=C(C#N)C#N)c(OC)c1. The molecule has 0 fully saturated rings. The Bertz CT molecular complexity index is 580. The largest absolute Gasteiger partial charge is 0.494 e. The molecule has 7 heteroatoms. The van der Waals surface area contributed by atoms with Crippen LogP contribution in [-0.4, -0.2) is 25.9 Å². The van der Waals surface area contributed by atoms with E-state index in [1.165, 1.54) is 32.4 Å². The number of anilines is 1. The van der Waals surface area contributed by atoms with Crippen molar-refractivity contribution in [3.05, 3.63) is 23.8 Å². The van der Waals surface area contributed by atoms with Gasteiger partial charge in [-0.3, -0.25) is 5.43 Å². The van der Waals surface area contributed by atoms with Crippen molar-refractivity contribution in [1.82, 2.24) is 0 Å². The first kappa shape index (κ1) is 14.0. The second kappa shape index (κ2) is 6.62. The third kappa shape index (κ3) is 3.45. The Hall–Kier alpha value is -3.06. The fourth-order valence-corrected chi connectivity index (χ4v) is 1.22. The molecule has 1 rings (SSSR count). The Labute approximate surface area is 109 Å². The van der Waals surface area contributed by atoms with Crippen LogP contribution < -0.4 is 10.2 Å². The van der Waals surface area contributed by atoms with E-state index in [0.29, 0.717) is 17.0 Å². The standard InChI is InChI=1S/C12H10N4O3/c1-18-11-5-8(12(17)19-2)3-4-10(11)16-15-9(6-13)7-14/h3-5,16H,1-2H3. The number of nitrogens with one attached hydrogen (secondary N) is 1. The molecule has 1 aromatic carbocycles. The Morgan fingerprint density at radius 3 is 2.53 bits per heavy atom. The maximum atomic E-state index is 11.3. The van der Waals surface area contributed by atoms with Crippen LogP contribution in [0.4, 0.5) is 5.69 Å². The molecule has 1 N–H and O–H groups in total. The number of rotatable bonds is 4. The zero-order valence-electron chi connectivity index (χ0n) is 10.3. The number of hydrogen-bond acceptors (Lipinski definition) is 7. The first-order valence-corrected chi connectivity index (χ1v) is 5.06. The summed E-state index contributed by atoms with van der Waals surface area (Å²) in [4.78, 5) is 11.3. The van der Waals surface area contributed by atoms with Crippen molar-refractivity contribution < 1.29 is 14.3 Å². The van der Waals surface area contributed by atoms with E-state index in [1.54, 1.807) is 12.1 Å². The van der Waals surface area contributed by atoms with Gasteiger partial charge in [-0.1, -0.05) is 0 Å². The van der Waals surface area contributed by atoms with Gasteiger partial charge in [0.1, 0.15) is 17.9 Å². The lowest BCUT2D eigenvalue weighted by molar-refractivity contribution is 0.0600. The summed E-state index contributed by atoms with van der Waals surface area (Å²) in [6.45, 7) is 0. The Morgan fingerprint density at radius 1 is 1.32 bits per heavy atom. The first-order valence-electron chi connectivity index (χ1n) is 5.06. The van der Waals surface area contributed by atoms with Crippen LogP contribution in [0, 0.1) is 22.7 Å². The number of benzene rings is 1. The average Bonchev–Trinajstić information content (AvgIpc) is 2.47. The number of methoxy groups -OCH3 is 2. The van der Waals surface area contributed by atoms with E-state index in [0.717, 1.165) is 0 Å². The van der Waals surface area contributed by atoms with E-state index in [1.807, 2.05) is 0 Å². The monoisotopic (exact) mass is 258 g/mol. The molecule has 0 amide bonds. The minimum Gasteiger partial charge on any atom is -0.494 e. The molecule has 0 bridgehead atoms. The van der Waals surface area contributed by atoms with Crippen LogP contribution in [0.3, 0.4) is 0 Å². The molecule has 0 aromatic heterocycles. The highest BCUT2D eigenvalue weighted by Gasteiger charge is 2.10. The number of nitrogens with zero attached hydrogens (tertiary/aromatic N) is 3. The van der Waals surface area contributed by atoms with Gasteiger partial charge >= 0.3 is 5.97 Å². The van der Waals surface area contributed by atoms with Gasteiger partial charge < -0.3 is 9.47 Å². The van der Waals surface area contributed by atoms with Crippen LogP contribution in [0.15, 0.2) is 23.3 Å². The van der Waals surface area contributed by atoms with E-state index >= 15 is 0 Å². The summed E-state index contributed by atoms with van der Waals surface area (Å²) >= 11 is 0. The number of hydrazone groups is 1. The van der Waals surface area contributed by atoms with Gasteiger partial charge in [-0.05, 0) is 18.2 Å². The second-order valence-corrected chi connectivity index (χ2v) is 3.20. The van der Waals surface area contributed by atoms with Crippen LogP contribution in [0.5, 0.6) is 5.75 Å². The van der Waals surface area contributed by atoms with Gasteiger partial charge in [0, 0.05) is 0 Å². The quantitative estimate of drug-likeness (QED) is 0.495. The first-order chi connectivity index (χ1) is 9.15. The Balaban J connectivity index is 3.05. The topological polar surface area (TPSA) is 107 Å². The molecule has 19 heavy (non-hydrogen) atoms. The molecule has 0 aliphatic rings. The Morgan fingerprint density at radius 2 is 2.00 bits per heavy atom. The molecule has 0 saturated carbocycles. The van der Waals surface area contributed by atoms with Gasteiger partial charge in [-0.15, -0.1) is 0 Å². The second-order valence-electron chi connectivity index (χ2n) is 3.20. The maximum Gasteiger partial charge on any atom is 0.337 e. The fourth-order valence-electron chi connectivity index (χ4n) is 1.22. The number of esters is 1. The summed E-state index contributed by atoms with van der Waals surface area (Å²) in [7, 11) is 2.69. The molecular formula is C12H10N4O3. The molecule has 0 radical (unpaired) electrons. The van der Waals surface area contributed by atoms with E-state index in [2.05, 4.69) is 15.3 Å². The van der Waals surface area contributed by atoms with Crippen molar-refractivity contribution in [1.29, 1.82) is 10.5 Å². The normalized spacial score (nSPS) is 8.63. The number of carbonyl (C=O) groups excluding carboxylic acids is 1. The number of nitriles is 2. The number of ether oxygens (including phenoxy) is 2. The lowest BCUT2D eigenvalue weighted by atomic mass is 10.2. The van der Waals surface area contributed by atoms with Crippen LogP contribution in [-0.2, 0) is 4.74 Å². The van der Waals surface area contributed by atoms with Gasteiger partial charge in [0.05, 0.1) is 25.5 Å². The molecule has 0 spiro atoms. The van der Waals surface area contributed by atoms with Crippen molar-refractivity contribution >= 4 is 17.4 Å². The number of hydrogen-bond donors (Lipinski definition) is 1. The smallest absolute Gasteiger partial charge is 0.337 e. The van der Waals surface area contributed by atoms with Crippen LogP contribution in [0.2, 0.25) is 0 Å². The summed E-state index contributed by atoms with van der Waals surface area (Å²) in [5, 5.41) is 20.7. The van der Waals surface area contributed by atoms with Gasteiger partial charge in [0.25, 0.3) is 0 Å². The van der Waals surface area contributed by atoms with Crippen molar-refractivity contribution in [2.75, 3.05) is 19.6 Å². The van der Waals surface area contributed by atoms with E-state index < -0.39 is 5.97 Å². The van der Waals surface area contributed by atoms with Crippen molar-refractivity contribution in [2.24, 2.45) is 5.10 Å². The zero-order chi connectivity index (χ0) is 14.3. The molecule has 0 aliphatic heterocycles. The predicted octanol–water partition coefficient (Wildman–Crippen LogP) is 1.30. The third-order valence-electron chi connectivity index (χ3n) is 2.12. The van der Waals surface area contributed by atoms with Gasteiger partial charge in [0.15, 0.2) is 0 Å². The molecule has 1 aromatic rings. The molecule has 0 aliphatic carbocycles. The highest BCUT2D eigenvalue weighted by molar-refractivity contribution is 6.10. The maximum absolute atomic E-state index is 11.3. The van der Waals surface area contributed by atoms with Gasteiger partial charge in [0.2, 0.25) is 5.71 Å². The molecule has 0 saturated heterocycles. The fraction of sp³-hybridized carbons (Fsp3) is 0.167. The lowest BCUT2D eigenvalue weighted by Gasteiger charge is -2.09. The molecule has 7 nitrogen and oxygen atoms in total. The molecule has 96 valence electrons. The predicted molar refractivity (Wildman–Crippen MR) is 66.6 cm³/mol. The lowest BCUT2D eigenvalue weighted by Crippen LogP contribution is -2.03. The molecular weight excluding hydrogens is 248 g/mol. The van der Waals surface area contributed by atoms with Crippen molar-refractivity contribution in [3.63, 3.8) is 0 Å². The van der Waals surface area contributed by atoms with Crippen molar-refractivity contribution in [2.45, 2.75) is 0 Å². The van der Waals surface area contributed by atoms with E-state index in [4.69, 9.17) is 15.3 Å². The van der Waals surface area contributed by atoms with E-state index in [9.17, 15) is 4.79 Å². The summed E-state index contributed by atoms with van der Waals surface area (Å²) in [6.07, 6.45) is 0. The Kier molecular flexibility index (Phi) is 4.88. The molecule has 0 heterocycles. The van der Waals surface area contributed by atoms with Gasteiger partial charge in [-0.25, -0.2) is 4.79 Å². The highest BCUT2D eigenvalue weighted by Crippen LogP contribution is 2.25. The molecule has 0 unspecified atom stereocenters. The van der Waals surface area contributed by atoms with E-state index in [-0.39, 0.29) is 5.71 Å². The van der Waals surface area contributed by atoms with Crippen LogP contribution in [0.1, 0.15) is 10.4 Å². The van der Waals surface area contributed by atoms with Crippen LogP contribution in [0.25, 0.3) is 0 Å². The third-order valence-corrected chi connectivity index (χ3v) is 2.12. The van der Waals surface area contributed by atoms with Crippen LogP contribution >= 0.6 is 0 Å². The summed E-state index contributed by atoms with van der Waals surface area (Å²) < 4.78 is 9.65. The summed E-state index contributed by atoms with van der Waals surface area (Å²) in [5.74, 6) is -0.162. The average molecular weight is 258 g/mol.